The average molecular weight is 377 g/mol. The van der Waals surface area contributed by atoms with Gasteiger partial charge < -0.3 is 15.1 Å². The van der Waals surface area contributed by atoms with E-state index in [-0.39, 0.29) is 11.3 Å². The molecule has 0 aromatic carbocycles. The first-order valence-electron chi connectivity index (χ1n) is 8.64. The van der Waals surface area contributed by atoms with Gasteiger partial charge in [0.2, 0.25) is 0 Å². The van der Waals surface area contributed by atoms with Crippen molar-refractivity contribution < 1.29 is 8.42 Å². The van der Waals surface area contributed by atoms with Crippen LogP contribution in [0.4, 0.5) is 0 Å². The molecule has 0 bridgehead atoms. The first-order valence-corrected chi connectivity index (χ1v) is 11.4. The van der Waals surface area contributed by atoms with Gasteiger partial charge in [-0.3, -0.25) is 4.99 Å². The molecule has 1 atom stereocenters. The van der Waals surface area contributed by atoms with Crippen LogP contribution in [0.3, 0.4) is 0 Å². The lowest BCUT2D eigenvalue weighted by Crippen LogP contribution is -2.57. The zero-order chi connectivity index (χ0) is 18.0. The lowest BCUT2D eigenvalue weighted by Gasteiger charge is -2.40. The fraction of sp³-hybridized carbons (Fsp3) is 0.938. The number of likely N-dealkylation sites (N-methyl/N-ethyl adjacent to an activating group) is 1. The van der Waals surface area contributed by atoms with Gasteiger partial charge in [0.1, 0.15) is 0 Å². The summed E-state index contributed by atoms with van der Waals surface area (Å²) in [6, 6.07) is 0. The van der Waals surface area contributed by atoms with Crippen LogP contribution < -0.4 is 5.32 Å². The number of guanidine groups is 1. The number of hydrogen-bond donors (Lipinski definition) is 1. The zero-order valence-electron chi connectivity index (χ0n) is 15.6. The normalized spacial score (nSPS) is 29.9. The van der Waals surface area contributed by atoms with Gasteiger partial charge in [0, 0.05) is 30.9 Å². The molecule has 2 heterocycles. The van der Waals surface area contributed by atoms with Crippen LogP contribution >= 0.6 is 11.8 Å². The lowest BCUT2D eigenvalue weighted by atomic mass is 9.98. The van der Waals surface area contributed by atoms with Crippen molar-refractivity contribution in [2.24, 2.45) is 4.99 Å². The van der Waals surface area contributed by atoms with Crippen LogP contribution in [0.5, 0.6) is 0 Å². The average Bonchev–Trinajstić information content (AvgIpc) is 2.97. The Kier molecular flexibility index (Phi) is 6.13. The van der Waals surface area contributed by atoms with Crippen molar-refractivity contribution in [2.75, 3.05) is 57.5 Å². The quantitative estimate of drug-likeness (QED) is 0.581. The van der Waals surface area contributed by atoms with Gasteiger partial charge in [-0.2, -0.15) is 11.8 Å². The maximum absolute atomic E-state index is 12.2. The standard InChI is InChI=1S/C16H32N4O2S2/c1-6-17-14(18-11-16(19(4)5)7-9-23-13-16)20-8-10-24(21,22)15(2,3)12-20/h6-13H2,1-5H3,(H,17,18). The third-order valence-corrected chi connectivity index (χ3v) is 9.00. The number of aliphatic imine (C=N–C) groups is 1. The van der Waals surface area contributed by atoms with E-state index in [4.69, 9.17) is 4.99 Å². The predicted molar refractivity (Wildman–Crippen MR) is 104 cm³/mol. The van der Waals surface area contributed by atoms with Crippen LogP contribution in [-0.4, -0.2) is 92.0 Å². The fourth-order valence-electron chi connectivity index (χ4n) is 3.19. The van der Waals surface area contributed by atoms with E-state index >= 15 is 0 Å². The number of nitrogens with one attached hydrogen (secondary N) is 1. The summed E-state index contributed by atoms with van der Waals surface area (Å²) in [5.74, 6) is 3.32. The third kappa shape index (κ3) is 4.02. The molecule has 0 saturated carbocycles. The minimum absolute atomic E-state index is 0.114. The van der Waals surface area contributed by atoms with Crippen LogP contribution in [0.2, 0.25) is 0 Å². The van der Waals surface area contributed by atoms with E-state index in [0.29, 0.717) is 13.1 Å². The SMILES string of the molecule is CCNC(=NCC1(N(C)C)CCSC1)N1CCS(=O)(=O)C(C)(C)C1. The van der Waals surface area contributed by atoms with E-state index in [9.17, 15) is 8.42 Å². The van der Waals surface area contributed by atoms with Gasteiger partial charge in [0.15, 0.2) is 15.8 Å². The maximum Gasteiger partial charge on any atom is 0.194 e. The monoisotopic (exact) mass is 376 g/mol. The summed E-state index contributed by atoms with van der Waals surface area (Å²) in [6.07, 6.45) is 1.15. The summed E-state index contributed by atoms with van der Waals surface area (Å²) >= 11 is 1.99. The Morgan fingerprint density at radius 2 is 2.08 bits per heavy atom. The van der Waals surface area contributed by atoms with E-state index < -0.39 is 14.6 Å². The summed E-state index contributed by atoms with van der Waals surface area (Å²) in [5, 5.41) is 3.35. The van der Waals surface area contributed by atoms with Crippen molar-refractivity contribution >= 4 is 27.6 Å². The van der Waals surface area contributed by atoms with Crippen LogP contribution in [0.25, 0.3) is 0 Å². The largest absolute Gasteiger partial charge is 0.357 e. The Bertz CT molecular complexity index is 567. The molecule has 0 amide bonds. The smallest absolute Gasteiger partial charge is 0.194 e. The second kappa shape index (κ2) is 7.41. The molecule has 140 valence electrons. The highest BCUT2D eigenvalue weighted by Crippen LogP contribution is 2.32. The highest BCUT2D eigenvalue weighted by atomic mass is 32.2. The number of hydrogen-bond acceptors (Lipinski definition) is 5. The number of sulfone groups is 1. The number of thioether (sulfide) groups is 1. The number of nitrogens with zero attached hydrogens (tertiary/aromatic N) is 3. The van der Waals surface area contributed by atoms with E-state index in [1.807, 2.05) is 25.6 Å². The Labute approximate surface area is 151 Å². The Hall–Kier alpha value is -0.470. The van der Waals surface area contributed by atoms with Crippen LogP contribution in [0.1, 0.15) is 27.2 Å². The minimum atomic E-state index is -3.03. The summed E-state index contributed by atoms with van der Waals surface area (Å²) in [4.78, 5) is 9.31. The molecule has 8 heteroatoms. The van der Waals surface area contributed by atoms with E-state index in [0.717, 1.165) is 31.2 Å². The van der Waals surface area contributed by atoms with Crippen molar-refractivity contribution in [3.8, 4) is 0 Å². The van der Waals surface area contributed by atoms with Gasteiger partial charge in [-0.15, -0.1) is 0 Å². The van der Waals surface area contributed by atoms with Gasteiger partial charge in [-0.25, -0.2) is 8.42 Å². The highest BCUT2D eigenvalue weighted by Gasteiger charge is 2.41. The van der Waals surface area contributed by atoms with E-state index in [2.05, 4.69) is 36.1 Å². The molecule has 2 aliphatic heterocycles. The zero-order valence-corrected chi connectivity index (χ0v) is 17.3. The summed E-state index contributed by atoms with van der Waals surface area (Å²) in [7, 11) is 1.23. The first-order chi connectivity index (χ1) is 11.1. The van der Waals surface area contributed by atoms with Gasteiger partial charge in [-0.05, 0) is 47.0 Å². The molecule has 2 fully saturated rings. The van der Waals surface area contributed by atoms with Crippen molar-refractivity contribution in [3.05, 3.63) is 0 Å². The van der Waals surface area contributed by atoms with Gasteiger partial charge in [-0.1, -0.05) is 0 Å². The molecule has 0 spiro atoms. The van der Waals surface area contributed by atoms with Crippen molar-refractivity contribution in [1.29, 1.82) is 0 Å². The molecule has 0 aromatic rings. The molecule has 1 N–H and O–H groups in total. The van der Waals surface area contributed by atoms with Gasteiger partial charge in [0.05, 0.1) is 17.0 Å². The maximum atomic E-state index is 12.2. The Morgan fingerprint density at radius 3 is 2.58 bits per heavy atom. The molecule has 2 rings (SSSR count). The lowest BCUT2D eigenvalue weighted by molar-refractivity contribution is 0.189. The summed E-state index contributed by atoms with van der Waals surface area (Å²) in [5.41, 5.74) is 0.114. The van der Waals surface area contributed by atoms with Gasteiger partial charge in [0.25, 0.3) is 0 Å². The predicted octanol–water partition coefficient (Wildman–Crippen LogP) is 0.898. The summed E-state index contributed by atoms with van der Waals surface area (Å²) < 4.78 is 23.7. The molecule has 0 aromatic heterocycles. The molecule has 2 saturated heterocycles. The molecular formula is C16H32N4O2S2. The molecular weight excluding hydrogens is 344 g/mol. The van der Waals surface area contributed by atoms with Crippen LogP contribution in [-0.2, 0) is 9.84 Å². The van der Waals surface area contributed by atoms with Crippen molar-refractivity contribution in [1.82, 2.24) is 15.1 Å². The number of rotatable bonds is 4. The van der Waals surface area contributed by atoms with Gasteiger partial charge >= 0.3 is 0 Å². The molecule has 6 nitrogen and oxygen atoms in total. The van der Waals surface area contributed by atoms with Crippen LogP contribution in [0.15, 0.2) is 4.99 Å². The van der Waals surface area contributed by atoms with Crippen molar-refractivity contribution in [3.63, 3.8) is 0 Å². The Morgan fingerprint density at radius 1 is 1.38 bits per heavy atom. The minimum Gasteiger partial charge on any atom is -0.357 e. The topological polar surface area (TPSA) is 65.0 Å². The van der Waals surface area contributed by atoms with Crippen molar-refractivity contribution in [2.45, 2.75) is 37.5 Å². The second-order valence-corrected chi connectivity index (χ2v) is 11.4. The molecule has 1 unspecified atom stereocenters. The molecule has 0 aliphatic carbocycles. The molecule has 2 aliphatic rings. The summed E-state index contributed by atoms with van der Waals surface area (Å²) in [6.45, 7) is 8.21. The van der Waals surface area contributed by atoms with E-state index in [1.54, 1.807) is 0 Å². The highest BCUT2D eigenvalue weighted by molar-refractivity contribution is 7.99. The Balaban J connectivity index is 2.17. The molecule has 0 radical (unpaired) electrons. The second-order valence-electron chi connectivity index (χ2n) is 7.59. The van der Waals surface area contributed by atoms with Crippen LogP contribution in [0, 0.1) is 0 Å². The fourth-order valence-corrected chi connectivity index (χ4v) is 6.10. The first kappa shape index (κ1) is 19.8. The molecule has 24 heavy (non-hydrogen) atoms. The van der Waals surface area contributed by atoms with E-state index in [1.165, 1.54) is 5.75 Å². The third-order valence-electron chi connectivity index (χ3n) is 5.23.